The molecule has 3 rings (SSSR count). The summed E-state index contributed by atoms with van der Waals surface area (Å²) in [6.07, 6.45) is 1.14. The van der Waals surface area contributed by atoms with E-state index >= 15 is 0 Å². The Balaban J connectivity index is 1.95. The number of thiazole rings is 1. The van der Waals surface area contributed by atoms with E-state index in [-0.39, 0.29) is 0 Å². The molecular formula is C13H15N3S. The Hall–Kier alpha value is -1.23. The van der Waals surface area contributed by atoms with E-state index in [4.69, 9.17) is 0 Å². The molecule has 2 heterocycles. The van der Waals surface area contributed by atoms with Crippen molar-refractivity contribution in [2.75, 3.05) is 6.54 Å². The minimum atomic E-state index is 0.421. The molecule has 17 heavy (non-hydrogen) atoms. The summed E-state index contributed by atoms with van der Waals surface area (Å²) in [6, 6.07) is 10.8. The lowest BCUT2D eigenvalue weighted by Crippen LogP contribution is -2.24. The summed E-state index contributed by atoms with van der Waals surface area (Å²) in [5, 5.41) is 1.12. The first kappa shape index (κ1) is 10.9. The summed E-state index contributed by atoms with van der Waals surface area (Å²) in [7, 11) is 0. The van der Waals surface area contributed by atoms with Crippen LogP contribution in [0.25, 0.3) is 10.6 Å². The monoisotopic (exact) mass is 245 g/mol. The summed E-state index contributed by atoms with van der Waals surface area (Å²) >= 11 is 1.80. The van der Waals surface area contributed by atoms with Crippen molar-refractivity contribution in [3.8, 4) is 10.6 Å². The number of nitrogens with one attached hydrogen (secondary N) is 2. The van der Waals surface area contributed by atoms with Crippen molar-refractivity contribution in [2.24, 2.45) is 0 Å². The van der Waals surface area contributed by atoms with Crippen LogP contribution >= 0.6 is 11.3 Å². The van der Waals surface area contributed by atoms with Gasteiger partial charge in [-0.2, -0.15) is 0 Å². The maximum absolute atomic E-state index is 4.68. The summed E-state index contributed by atoms with van der Waals surface area (Å²) in [5.74, 6) is 0. The second-order valence-corrected chi connectivity index (χ2v) is 5.28. The van der Waals surface area contributed by atoms with Gasteiger partial charge in [0.05, 0.1) is 11.7 Å². The van der Waals surface area contributed by atoms with E-state index in [9.17, 15) is 0 Å². The van der Waals surface area contributed by atoms with Gasteiger partial charge in [0.15, 0.2) is 0 Å². The number of hydrogen-bond acceptors (Lipinski definition) is 4. The van der Waals surface area contributed by atoms with E-state index in [0.29, 0.717) is 6.04 Å². The average Bonchev–Trinajstić information content (AvgIpc) is 2.99. The van der Waals surface area contributed by atoms with Gasteiger partial charge < -0.3 is 0 Å². The molecule has 0 aliphatic carbocycles. The topological polar surface area (TPSA) is 37.0 Å². The molecule has 0 radical (unpaired) electrons. The molecule has 0 amide bonds. The van der Waals surface area contributed by atoms with Crippen molar-refractivity contribution >= 4 is 11.3 Å². The number of aryl methyl sites for hydroxylation is 1. The van der Waals surface area contributed by atoms with E-state index in [1.165, 1.54) is 10.4 Å². The molecule has 2 aromatic rings. The predicted octanol–water partition coefficient (Wildman–Crippen LogP) is 2.66. The normalized spacial score (nSPS) is 19.7. The van der Waals surface area contributed by atoms with Gasteiger partial charge in [-0.25, -0.2) is 10.4 Å². The van der Waals surface area contributed by atoms with Crippen LogP contribution in [0.3, 0.4) is 0 Å². The molecule has 1 atom stereocenters. The molecule has 1 aliphatic rings. The van der Waals surface area contributed by atoms with Crippen molar-refractivity contribution in [2.45, 2.75) is 19.4 Å². The molecule has 0 bridgehead atoms. The van der Waals surface area contributed by atoms with Crippen molar-refractivity contribution < 1.29 is 0 Å². The molecule has 1 aromatic heterocycles. The van der Waals surface area contributed by atoms with E-state index in [1.807, 2.05) is 6.07 Å². The van der Waals surface area contributed by atoms with Gasteiger partial charge in [-0.3, -0.25) is 5.43 Å². The lowest BCUT2D eigenvalue weighted by atomic mass is 10.2. The highest BCUT2D eigenvalue weighted by Crippen LogP contribution is 2.33. The number of aromatic nitrogens is 1. The zero-order valence-corrected chi connectivity index (χ0v) is 10.6. The first-order valence-corrected chi connectivity index (χ1v) is 6.67. The minimum Gasteiger partial charge on any atom is -0.257 e. The molecule has 2 N–H and O–H groups in total. The van der Waals surface area contributed by atoms with Crippen LogP contribution in [0.4, 0.5) is 0 Å². The zero-order chi connectivity index (χ0) is 11.7. The zero-order valence-electron chi connectivity index (χ0n) is 9.73. The Morgan fingerprint density at radius 1 is 1.29 bits per heavy atom. The number of rotatable bonds is 2. The lowest BCUT2D eigenvalue weighted by molar-refractivity contribution is 0.585. The molecule has 88 valence electrons. The fraction of sp³-hybridized carbons (Fsp3) is 0.308. The van der Waals surface area contributed by atoms with Crippen LogP contribution in [0.2, 0.25) is 0 Å². The summed E-state index contributed by atoms with van der Waals surface area (Å²) in [4.78, 5) is 6.03. The number of hydrogen-bond donors (Lipinski definition) is 2. The summed E-state index contributed by atoms with van der Waals surface area (Å²) in [5.41, 5.74) is 8.83. The van der Waals surface area contributed by atoms with Gasteiger partial charge in [-0.05, 0) is 13.3 Å². The van der Waals surface area contributed by atoms with E-state index in [1.54, 1.807) is 11.3 Å². The third kappa shape index (κ3) is 2.11. The quantitative estimate of drug-likeness (QED) is 0.854. The predicted molar refractivity (Wildman–Crippen MR) is 70.8 cm³/mol. The van der Waals surface area contributed by atoms with Crippen LogP contribution in [0, 0.1) is 6.92 Å². The van der Waals surface area contributed by atoms with E-state index in [0.717, 1.165) is 23.7 Å². The maximum Gasteiger partial charge on any atom is 0.123 e. The highest BCUT2D eigenvalue weighted by atomic mass is 32.1. The van der Waals surface area contributed by atoms with Crippen LogP contribution in [0.1, 0.15) is 23.0 Å². The third-order valence-electron chi connectivity index (χ3n) is 3.00. The van der Waals surface area contributed by atoms with Crippen molar-refractivity contribution in [3.63, 3.8) is 0 Å². The first-order valence-electron chi connectivity index (χ1n) is 5.86. The fourth-order valence-electron chi connectivity index (χ4n) is 2.12. The first-order chi connectivity index (χ1) is 8.34. The molecule has 1 unspecified atom stereocenters. The van der Waals surface area contributed by atoms with Crippen LogP contribution in [-0.2, 0) is 0 Å². The second kappa shape index (κ2) is 4.56. The van der Waals surface area contributed by atoms with E-state index in [2.05, 4.69) is 47.0 Å². The van der Waals surface area contributed by atoms with Gasteiger partial charge in [-0.1, -0.05) is 30.3 Å². The average molecular weight is 245 g/mol. The Morgan fingerprint density at radius 2 is 2.12 bits per heavy atom. The molecular weight excluding hydrogens is 230 g/mol. The Labute approximate surface area is 105 Å². The highest BCUT2D eigenvalue weighted by molar-refractivity contribution is 7.15. The van der Waals surface area contributed by atoms with Crippen LogP contribution in [0.5, 0.6) is 0 Å². The van der Waals surface area contributed by atoms with Gasteiger partial charge in [-0.15, -0.1) is 11.3 Å². The standard InChI is InChI=1S/C13H15N3S/c1-9-12(11-7-8-14-16-11)17-13(15-9)10-5-3-2-4-6-10/h2-6,11,14,16H,7-8H2,1H3. The molecule has 1 fully saturated rings. The second-order valence-electron chi connectivity index (χ2n) is 4.25. The smallest absolute Gasteiger partial charge is 0.123 e. The molecule has 1 aromatic carbocycles. The number of nitrogens with zero attached hydrogens (tertiary/aromatic N) is 1. The van der Waals surface area contributed by atoms with E-state index < -0.39 is 0 Å². The largest absolute Gasteiger partial charge is 0.257 e. The SMILES string of the molecule is Cc1nc(-c2ccccc2)sc1C1CCNN1. The Kier molecular flexibility index (Phi) is 2.93. The van der Waals surface area contributed by atoms with Crippen LogP contribution < -0.4 is 10.9 Å². The van der Waals surface area contributed by atoms with Gasteiger partial charge in [0.25, 0.3) is 0 Å². The highest BCUT2D eigenvalue weighted by Gasteiger charge is 2.21. The van der Waals surface area contributed by atoms with Crippen molar-refractivity contribution in [3.05, 3.63) is 40.9 Å². The minimum absolute atomic E-state index is 0.421. The van der Waals surface area contributed by atoms with Crippen LogP contribution in [0.15, 0.2) is 30.3 Å². The summed E-state index contributed by atoms with van der Waals surface area (Å²) < 4.78 is 0. The van der Waals surface area contributed by atoms with Crippen LogP contribution in [-0.4, -0.2) is 11.5 Å². The van der Waals surface area contributed by atoms with Gasteiger partial charge in [0, 0.05) is 17.0 Å². The van der Waals surface area contributed by atoms with Crippen molar-refractivity contribution in [1.82, 2.24) is 15.8 Å². The Morgan fingerprint density at radius 3 is 2.82 bits per heavy atom. The maximum atomic E-state index is 4.68. The van der Waals surface area contributed by atoms with Gasteiger partial charge in [0.2, 0.25) is 0 Å². The van der Waals surface area contributed by atoms with Gasteiger partial charge >= 0.3 is 0 Å². The van der Waals surface area contributed by atoms with Crippen molar-refractivity contribution in [1.29, 1.82) is 0 Å². The number of hydrazine groups is 1. The number of benzene rings is 1. The third-order valence-corrected chi connectivity index (χ3v) is 4.32. The lowest BCUT2D eigenvalue weighted by Gasteiger charge is -2.06. The molecule has 1 saturated heterocycles. The fourth-order valence-corrected chi connectivity index (χ4v) is 3.27. The molecule has 3 nitrogen and oxygen atoms in total. The molecule has 0 saturated carbocycles. The summed E-state index contributed by atoms with van der Waals surface area (Å²) in [6.45, 7) is 3.13. The molecule has 1 aliphatic heterocycles. The Bertz CT molecular complexity index is 501. The molecule has 0 spiro atoms. The molecule has 4 heteroatoms. The van der Waals surface area contributed by atoms with Gasteiger partial charge in [0.1, 0.15) is 5.01 Å².